The van der Waals surface area contributed by atoms with Crippen LogP contribution in [0.1, 0.15) is 17.2 Å². The van der Waals surface area contributed by atoms with Crippen molar-refractivity contribution in [2.75, 3.05) is 7.11 Å². The normalized spacial score (nSPS) is 23.6. The van der Waals surface area contributed by atoms with Crippen molar-refractivity contribution >= 4 is 5.97 Å². The molecule has 0 radical (unpaired) electrons. The molecule has 1 aromatic carbocycles. The summed E-state index contributed by atoms with van der Waals surface area (Å²) in [6.07, 6.45) is -0.412. The van der Waals surface area contributed by atoms with Gasteiger partial charge in [0.1, 0.15) is 5.75 Å². The van der Waals surface area contributed by atoms with Crippen molar-refractivity contribution in [3.8, 4) is 5.75 Å². The lowest BCUT2D eigenvalue weighted by Crippen LogP contribution is -2.20. The molecule has 0 spiro atoms. The molecule has 1 aliphatic carbocycles. The number of carbonyl (C=O) groups excluding carboxylic acids is 1. The zero-order valence-electron chi connectivity index (χ0n) is 8.30. The third-order valence-electron chi connectivity index (χ3n) is 2.77. The van der Waals surface area contributed by atoms with Crippen molar-refractivity contribution in [2.24, 2.45) is 5.92 Å². The number of benzene rings is 1. The number of hydrogen-bond acceptors (Lipinski definition) is 4. The number of phenols is 1. The molecule has 4 heteroatoms. The largest absolute Gasteiger partial charge is 0.508 e. The van der Waals surface area contributed by atoms with Crippen molar-refractivity contribution in [3.05, 3.63) is 29.3 Å². The van der Waals surface area contributed by atoms with Crippen LogP contribution < -0.4 is 0 Å². The summed E-state index contributed by atoms with van der Waals surface area (Å²) in [5.74, 6) is -0.823. The Labute approximate surface area is 87.1 Å². The molecule has 2 atom stereocenters. The second kappa shape index (κ2) is 3.55. The first-order valence-corrected chi connectivity index (χ1v) is 4.71. The number of methoxy groups -OCH3 is 1. The summed E-state index contributed by atoms with van der Waals surface area (Å²) in [5.41, 5.74) is 1.50. The first-order valence-electron chi connectivity index (χ1n) is 4.71. The molecule has 0 heterocycles. The molecule has 2 N–H and O–H groups in total. The maximum atomic E-state index is 11.3. The van der Waals surface area contributed by atoms with Crippen LogP contribution >= 0.6 is 0 Å². The van der Waals surface area contributed by atoms with E-state index in [9.17, 15) is 15.0 Å². The first kappa shape index (κ1) is 9.98. The van der Waals surface area contributed by atoms with Gasteiger partial charge in [-0.1, -0.05) is 6.07 Å². The Morgan fingerprint density at radius 2 is 2.27 bits per heavy atom. The molecule has 0 saturated heterocycles. The molecule has 1 aromatic rings. The number of phenolic OH excluding ortho intramolecular Hbond substituents is 1. The molecular weight excluding hydrogens is 196 g/mol. The van der Waals surface area contributed by atoms with Crippen LogP contribution in [0.15, 0.2) is 18.2 Å². The number of aliphatic hydroxyl groups is 1. The second-order valence-corrected chi connectivity index (χ2v) is 3.66. The van der Waals surface area contributed by atoms with Crippen molar-refractivity contribution in [3.63, 3.8) is 0 Å². The van der Waals surface area contributed by atoms with E-state index >= 15 is 0 Å². The molecule has 15 heavy (non-hydrogen) atoms. The van der Waals surface area contributed by atoms with E-state index < -0.39 is 18.0 Å². The number of carbonyl (C=O) groups is 1. The van der Waals surface area contributed by atoms with Crippen molar-refractivity contribution in [1.82, 2.24) is 0 Å². The van der Waals surface area contributed by atoms with E-state index in [1.807, 2.05) is 0 Å². The lowest BCUT2D eigenvalue weighted by atomic mass is 10.0. The fourth-order valence-electron chi connectivity index (χ4n) is 1.99. The van der Waals surface area contributed by atoms with Crippen LogP contribution in [0.4, 0.5) is 0 Å². The molecule has 2 unspecified atom stereocenters. The summed E-state index contributed by atoms with van der Waals surface area (Å²) in [7, 11) is 1.30. The van der Waals surface area contributed by atoms with Gasteiger partial charge in [0.05, 0.1) is 19.1 Å². The van der Waals surface area contributed by atoms with Crippen molar-refractivity contribution in [2.45, 2.75) is 12.5 Å². The highest BCUT2D eigenvalue weighted by Crippen LogP contribution is 2.38. The molecule has 1 aliphatic rings. The summed E-state index contributed by atoms with van der Waals surface area (Å²) >= 11 is 0. The molecule has 0 saturated carbocycles. The predicted octanol–water partition coefficient (Wildman–Crippen LogP) is 0.771. The van der Waals surface area contributed by atoms with Gasteiger partial charge in [0.25, 0.3) is 0 Å². The minimum atomic E-state index is -0.826. The van der Waals surface area contributed by atoms with Crippen LogP contribution in [0.2, 0.25) is 0 Å². The van der Waals surface area contributed by atoms with Crippen LogP contribution in [-0.2, 0) is 16.0 Å². The van der Waals surface area contributed by atoms with Crippen LogP contribution in [0, 0.1) is 5.92 Å². The SMILES string of the molecule is COC(=O)C1Cc2cc(O)ccc2C1O. The third kappa shape index (κ3) is 1.57. The molecule has 0 fully saturated rings. The number of hydrogen-bond donors (Lipinski definition) is 2. The first-order chi connectivity index (χ1) is 7.13. The maximum Gasteiger partial charge on any atom is 0.311 e. The molecule has 2 rings (SSSR count). The van der Waals surface area contributed by atoms with Crippen LogP contribution in [0.25, 0.3) is 0 Å². The van der Waals surface area contributed by atoms with Crippen LogP contribution in [0.5, 0.6) is 5.75 Å². The Kier molecular flexibility index (Phi) is 2.36. The van der Waals surface area contributed by atoms with Gasteiger partial charge in [-0.05, 0) is 29.7 Å². The topological polar surface area (TPSA) is 66.8 Å². The fourth-order valence-corrected chi connectivity index (χ4v) is 1.99. The predicted molar refractivity (Wildman–Crippen MR) is 52.3 cm³/mol. The lowest BCUT2D eigenvalue weighted by Gasteiger charge is -2.11. The summed E-state index contributed by atoms with van der Waals surface area (Å²) < 4.78 is 4.60. The highest BCUT2D eigenvalue weighted by molar-refractivity contribution is 5.75. The van der Waals surface area contributed by atoms with E-state index in [0.717, 1.165) is 5.56 Å². The van der Waals surface area contributed by atoms with E-state index in [1.54, 1.807) is 12.1 Å². The Bertz CT molecular complexity index is 400. The summed E-state index contributed by atoms with van der Waals surface area (Å²) in [6, 6.07) is 4.71. The van der Waals surface area contributed by atoms with Gasteiger partial charge in [-0.2, -0.15) is 0 Å². The Hall–Kier alpha value is -1.55. The van der Waals surface area contributed by atoms with Crippen molar-refractivity contribution in [1.29, 1.82) is 0 Å². The highest BCUT2D eigenvalue weighted by atomic mass is 16.5. The molecular formula is C11H12O4. The Balaban J connectivity index is 2.32. The molecule has 80 valence electrons. The van der Waals surface area contributed by atoms with Crippen molar-refractivity contribution < 1.29 is 19.7 Å². The number of aromatic hydroxyl groups is 1. The van der Waals surface area contributed by atoms with Crippen LogP contribution in [-0.4, -0.2) is 23.3 Å². The van der Waals surface area contributed by atoms with Gasteiger partial charge in [-0.3, -0.25) is 4.79 Å². The third-order valence-corrected chi connectivity index (χ3v) is 2.77. The van der Waals surface area contributed by atoms with E-state index in [0.29, 0.717) is 12.0 Å². The van der Waals surface area contributed by atoms with Gasteiger partial charge in [0, 0.05) is 0 Å². The molecule has 0 bridgehead atoms. The zero-order valence-corrected chi connectivity index (χ0v) is 8.30. The average Bonchev–Trinajstić information content (AvgIpc) is 2.54. The molecule has 0 aromatic heterocycles. The number of rotatable bonds is 1. The van der Waals surface area contributed by atoms with Gasteiger partial charge < -0.3 is 14.9 Å². The maximum absolute atomic E-state index is 11.3. The summed E-state index contributed by atoms with van der Waals surface area (Å²) in [5, 5.41) is 19.1. The monoisotopic (exact) mass is 208 g/mol. The van der Waals surface area contributed by atoms with E-state index in [4.69, 9.17) is 0 Å². The molecule has 0 aliphatic heterocycles. The molecule has 0 amide bonds. The van der Waals surface area contributed by atoms with E-state index in [1.165, 1.54) is 13.2 Å². The summed E-state index contributed by atoms with van der Waals surface area (Å²) in [4.78, 5) is 11.3. The van der Waals surface area contributed by atoms with Gasteiger partial charge in [-0.15, -0.1) is 0 Å². The average molecular weight is 208 g/mol. The Morgan fingerprint density at radius 3 is 2.93 bits per heavy atom. The zero-order chi connectivity index (χ0) is 11.0. The van der Waals surface area contributed by atoms with Crippen LogP contribution in [0.3, 0.4) is 0 Å². The highest BCUT2D eigenvalue weighted by Gasteiger charge is 2.36. The van der Waals surface area contributed by atoms with E-state index in [2.05, 4.69) is 4.74 Å². The summed E-state index contributed by atoms with van der Waals surface area (Å²) in [6.45, 7) is 0. The quantitative estimate of drug-likeness (QED) is 0.669. The lowest BCUT2D eigenvalue weighted by molar-refractivity contribution is -0.148. The standard InChI is InChI=1S/C11H12O4/c1-15-11(14)9-5-6-4-7(12)2-3-8(6)10(9)13/h2-4,9-10,12-13H,5H2,1H3. The number of esters is 1. The van der Waals surface area contributed by atoms with E-state index in [-0.39, 0.29) is 5.75 Å². The van der Waals surface area contributed by atoms with Gasteiger partial charge in [0.2, 0.25) is 0 Å². The number of aliphatic hydroxyl groups excluding tert-OH is 1. The second-order valence-electron chi connectivity index (χ2n) is 3.66. The smallest absolute Gasteiger partial charge is 0.311 e. The molecule has 4 nitrogen and oxygen atoms in total. The number of ether oxygens (including phenoxy) is 1. The number of fused-ring (bicyclic) bond motifs is 1. The van der Waals surface area contributed by atoms with Gasteiger partial charge >= 0.3 is 5.97 Å². The fraction of sp³-hybridized carbons (Fsp3) is 0.364. The Morgan fingerprint density at radius 1 is 1.53 bits per heavy atom. The van der Waals surface area contributed by atoms with Gasteiger partial charge in [-0.25, -0.2) is 0 Å². The van der Waals surface area contributed by atoms with Gasteiger partial charge in [0.15, 0.2) is 0 Å². The minimum Gasteiger partial charge on any atom is -0.508 e. The minimum absolute atomic E-state index is 0.145.